The SMILES string of the molecule is CCN.O=C1CN2C(=O)CCN(C(=O)OCc3cc(C(F)(F)F)cc(C(F)(F)F)c3)C2CN1Cc1ccccc1Cl. The lowest BCUT2D eigenvalue weighted by molar-refractivity contribution is -0.160. The summed E-state index contributed by atoms with van der Waals surface area (Å²) in [6.45, 7) is 1.37. The number of fused-ring (bicyclic) bond motifs is 1. The standard InChI is InChI=1S/C24H20ClF6N3O4.C2H7N/c25-18-4-2-1-3-15(18)10-32-11-19-33(6-5-20(35)34(19)12-21(32)36)22(37)38-13-14-7-16(23(26,27)28)9-17(8-14)24(29,30)31;1-2-3/h1-4,7-9,19H,5-6,10-13H2;2-3H2,1H3. The first kappa shape index (κ1) is 32.0. The van der Waals surface area contributed by atoms with Gasteiger partial charge in [0.15, 0.2) is 0 Å². The van der Waals surface area contributed by atoms with E-state index in [1.54, 1.807) is 24.3 Å². The molecular formula is C26H27ClF6N4O4. The van der Waals surface area contributed by atoms with Gasteiger partial charge in [-0.15, -0.1) is 0 Å². The molecule has 8 nitrogen and oxygen atoms in total. The molecule has 0 aromatic heterocycles. The van der Waals surface area contributed by atoms with Crippen LogP contribution in [0.15, 0.2) is 42.5 Å². The summed E-state index contributed by atoms with van der Waals surface area (Å²) in [7, 11) is 0. The van der Waals surface area contributed by atoms with Gasteiger partial charge in [-0.1, -0.05) is 36.7 Å². The first-order chi connectivity index (χ1) is 19.1. The van der Waals surface area contributed by atoms with Gasteiger partial charge in [-0.05, 0) is 41.9 Å². The van der Waals surface area contributed by atoms with Crippen molar-refractivity contribution < 1.29 is 45.5 Å². The van der Waals surface area contributed by atoms with Gasteiger partial charge in [0.25, 0.3) is 0 Å². The van der Waals surface area contributed by atoms with Crippen LogP contribution in [0.5, 0.6) is 0 Å². The molecule has 0 spiro atoms. The number of hydrogen-bond acceptors (Lipinski definition) is 5. The second-order valence-electron chi connectivity index (χ2n) is 9.19. The number of carbonyl (C=O) groups excluding carboxylic acids is 3. The van der Waals surface area contributed by atoms with Crippen LogP contribution in [0.3, 0.4) is 0 Å². The highest BCUT2D eigenvalue weighted by atomic mass is 35.5. The van der Waals surface area contributed by atoms with Crippen LogP contribution in [0.4, 0.5) is 31.1 Å². The summed E-state index contributed by atoms with van der Waals surface area (Å²) in [5, 5.41) is 0.415. The molecule has 2 aromatic rings. The van der Waals surface area contributed by atoms with Crippen LogP contribution >= 0.6 is 11.6 Å². The number of piperazine rings is 1. The topological polar surface area (TPSA) is 96.2 Å². The van der Waals surface area contributed by atoms with Gasteiger partial charge < -0.3 is 20.3 Å². The summed E-state index contributed by atoms with van der Waals surface area (Å²) >= 11 is 6.18. The predicted molar refractivity (Wildman–Crippen MR) is 135 cm³/mol. The maximum atomic E-state index is 13.1. The van der Waals surface area contributed by atoms with Crippen molar-refractivity contribution in [1.82, 2.24) is 14.7 Å². The summed E-state index contributed by atoms with van der Waals surface area (Å²) < 4.78 is 83.9. The van der Waals surface area contributed by atoms with E-state index in [4.69, 9.17) is 22.1 Å². The first-order valence-electron chi connectivity index (χ1n) is 12.4. The van der Waals surface area contributed by atoms with E-state index in [0.29, 0.717) is 22.7 Å². The number of amides is 3. The molecule has 2 fully saturated rings. The van der Waals surface area contributed by atoms with Gasteiger partial charge in [-0.3, -0.25) is 14.5 Å². The lowest BCUT2D eigenvalue weighted by Gasteiger charge is -2.48. The van der Waals surface area contributed by atoms with Crippen LogP contribution in [0.1, 0.15) is 35.6 Å². The summed E-state index contributed by atoms with van der Waals surface area (Å²) in [4.78, 5) is 41.8. The van der Waals surface area contributed by atoms with Crippen LogP contribution in [-0.2, 0) is 39.8 Å². The summed E-state index contributed by atoms with van der Waals surface area (Å²) in [6.07, 6.45) is -12.2. The lowest BCUT2D eigenvalue weighted by Crippen LogP contribution is -2.67. The molecular weight excluding hydrogens is 582 g/mol. The molecule has 0 radical (unpaired) electrons. The summed E-state index contributed by atoms with van der Waals surface area (Å²) in [5.74, 6) is -0.758. The Kier molecular flexibility index (Phi) is 10.1. The zero-order chi connectivity index (χ0) is 30.5. The zero-order valence-electron chi connectivity index (χ0n) is 21.8. The Labute approximate surface area is 236 Å². The molecule has 4 rings (SSSR count). The first-order valence-corrected chi connectivity index (χ1v) is 12.8. The molecule has 2 aliphatic rings. The maximum Gasteiger partial charge on any atom is 0.416 e. The average molecular weight is 609 g/mol. The van der Waals surface area contributed by atoms with E-state index in [1.807, 2.05) is 6.92 Å². The molecule has 41 heavy (non-hydrogen) atoms. The Morgan fingerprint density at radius 2 is 1.61 bits per heavy atom. The minimum atomic E-state index is -5.05. The van der Waals surface area contributed by atoms with Crippen molar-refractivity contribution in [2.24, 2.45) is 5.73 Å². The number of nitrogens with two attached hydrogens (primary N) is 1. The second-order valence-corrected chi connectivity index (χ2v) is 9.60. The van der Waals surface area contributed by atoms with Crippen LogP contribution in [-0.4, -0.2) is 65.0 Å². The molecule has 2 N–H and O–H groups in total. The van der Waals surface area contributed by atoms with Gasteiger partial charge in [0.1, 0.15) is 19.3 Å². The molecule has 0 saturated carbocycles. The number of benzene rings is 2. The average Bonchev–Trinajstić information content (AvgIpc) is 2.89. The van der Waals surface area contributed by atoms with Gasteiger partial charge in [-0.2, -0.15) is 26.3 Å². The van der Waals surface area contributed by atoms with Crippen molar-refractivity contribution in [2.45, 2.75) is 45.0 Å². The minimum absolute atomic E-state index is 0.0218. The fourth-order valence-electron chi connectivity index (χ4n) is 4.31. The van der Waals surface area contributed by atoms with E-state index in [1.165, 1.54) is 9.80 Å². The third-order valence-electron chi connectivity index (χ3n) is 6.21. The Bertz CT molecular complexity index is 1240. The fourth-order valence-corrected chi connectivity index (χ4v) is 4.50. The zero-order valence-corrected chi connectivity index (χ0v) is 22.5. The van der Waals surface area contributed by atoms with E-state index in [0.717, 1.165) is 11.4 Å². The third kappa shape index (κ3) is 8.03. The Morgan fingerprint density at radius 1 is 1.02 bits per heavy atom. The molecule has 1 unspecified atom stereocenters. The van der Waals surface area contributed by atoms with Crippen molar-refractivity contribution in [3.63, 3.8) is 0 Å². The normalized spacial score (nSPS) is 17.6. The van der Waals surface area contributed by atoms with E-state index in [-0.39, 0.29) is 50.5 Å². The minimum Gasteiger partial charge on any atom is -0.444 e. The van der Waals surface area contributed by atoms with Crippen molar-refractivity contribution in [2.75, 3.05) is 26.2 Å². The van der Waals surface area contributed by atoms with Gasteiger partial charge >= 0.3 is 18.4 Å². The van der Waals surface area contributed by atoms with Gasteiger partial charge in [0, 0.05) is 24.5 Å². The van der Waals surface area contributed by atoms with Gasteiger partial charge in [0.2, 0.25) is 11.8 Å². The molecule has 2 saturated heterocycles. The monoisotopic (exact) mass is 608 g/mol. The Morgan fingerprint density at radius 3 is 2.17 bits per heavy atom. The van der Waals surface area contributed by atoms with Crippen molar-refractivity contribution >= 4 is 29.5 Å². The summed E-state index contributed by atoms with van der Waals surface area (Å²) in [5.41, 5.74) is 1.91. The number of hydrogen-bond donors (Lipinski definition) is 1. The highest BCUT2D eigenvalue weighted by Gasteiger charge is 2.44. The van der Waals surface area contributed by atoms with Crippen LogP contribution in [0.2, 0.25) is 5.02 Å². The number of nitrogens with zero attached hydrogens (tertiary/aromatic N) is 3. The molecule has 2 aromatic carbocycles. The molecule has 1 atom stereocenters. The third-order valence-corrected chi connectivity index (χ3v) is 6.58. The lowest BCUT2D eigenvalue weighted by atomic mass is 10.1. The van der Waals surface area contributed by atoms with E-state index in [2.05, 4.69) is 0 Å². The number of alkyl halides is 6. The molecule has 2 heterocycles. The van der Waals surface area contributed by atoms with Gasteiger partial charge in [-0.25, -0.2) is 4.79 Å². The molecule has 0 bridgehead atoms. The molecule has 3 amide bonds. The Hall–Kier alpha value is -3.52. The van der Waals surface area contributed by atoms with Crippen LogP contribution in [0, 0.1) is 0 Å². The smallest absolute Gasteiger partial charge is 0.416 e. The molecule has 0 aliphatic carbocycles. The number of carbonyl (C=O) groups is 3. The highest BCUT2D eigenvalue weighted by Crippen LogP contribution is 2.36. The van der Waals surface area contributed by atoms with Gasteiger partial charge in [0.05, 0.1) is 17.7 Å². The van der Waals surface area contributed by atoms with Crippen LogP contribution in [0.25, 0.3) is 0 Å². The van der Waals surface area contributed by atoms with E-state index < -0.39 is 47.9 Å². The number of ether oxygens (including phenoxy) is 1. The fraction of sp³-hybridized carbons (Fsp3) is 0.423. The van der Waals surface area contributed by atoms with Crippen molar-refractivity contribution in [1.29, 1.82) is 0 Å². The van der Waals surface area contributed by atoms with E-state index in [9.17, 15) is 40.7 Å². The predicted octanol–water partition coefficient (Wildman–Crippen LogP) is 4.88. The second kappa shape index (κ2) is 13.0. The highest BCUT2D eigenvalue weighted by molar-refractivity contribution is 6.31. The van der Waals surface area contributed by atoms with Crippen LogP contribution < -0.4 is 5.73 Å². The largest absolute Gasteiger partial charge is 0.444 e. The number of rotatable bonds is 4. The van der Waals surface area contributed by atoms with Crippen molar-refractivity contribution in [3.8, 4) is 0 Å². The van der Waals surface area contributed by atoms with E-state index >= 15 is 0 Å². The Balaban J connectivity index is 0.00000147. The molecule has 2 aliphatic heterocycles. The summed E-state index contributed by atoms with van der Waals surface area (Å²) in [6, 6.07) is 7.72. The van der Waals surface area contributed by atoms with Crippen molar-refractivity contribution in [3.05, 3.63) is 69.7 Å². The maximum absolute atomic E-state index is 13.1. The number of halogens is 7. The quantitative estimate of drug-likeness (QED) is 0.499. The molecule has 15 heteroatoms. The molecule has 224 valence electrons.